The molecule has 1 heterocycles. The molecule has 0 amide bonds. The van der Waals surface area contributed by atoms with Gasteiger partial charge in [0.05, 0.1) is 13.3 Å². The van der Waals surface area contributed by atoms with E-state index >= 15 is 0 Å². The SMILES string of the molecule is COc1ccc(NC(N)=NCc2cnc(C3CC3)o2)cc1. The average molecular weight is 286 g/mol. The summed E-state index contributed by atoms with van der Waals surface area (Å²) in [4.78, 5) is 8.49. The molecule has 0 aliphatic heterocycles. The number of methoxy groups -OCH3 is 1. The maximum Gasteiger partial charge on any atom is 0.197 e. The van der Waals surface area contributed by atoms with Gasteiger partial charge in [-0.05, 0) is 37.1 Å². The van der Waals surface area contributed by atoms with Crippen LogP contribution in [0, 0.1) is 0 Å². The first-order chi connectivity index (χ1) is 10.2. The zero-order valence-electron chi connectivity index (χ0n) is 11.9. The number of rotatable bonds is 5. The van der Waals surface area contributed by atoms with Crippen molar-refractivity contribution in [2.45, 2.75) is 25.3 Å². The van der Waals surface area contributed by atoms with E-state index in [4.69, 9.17) is 14.9 Å². The minimum atomic E-state index is 0.338. The average Bonchev–Trinajstić information content (AvgIpc) is 3.25. The van der Waals surface area contributed by atoms with Crippen molar-refractivity contribution in [3.8, 4) is 5.75 Å². The number of nitrogens with zero attached hydrogens (tertiary/aromatic N) is 2. The van der Waals surface area contributed by atoms with E-state index in [1.165, 1.54) is 12.8 Å². The highest BCUT2D eigenvalue weighted by molar-refractivity contribution is 5.92. The quantitative estimate of drug-likeness (QED) is 0.651. The highest BCUT2D eigenvalue weighted by Gasteiger charge is 2.28. The molecule has 1 aliphatic carbocycles. The van der Waals surface area contributed by atoms with E-state index < -0.39 is 0 Å². The van der Waals surface area contributed by atoms with Crippen molar-refractivity contribution in [1.29, 1.82) is 0 Å². The normalized spacial score (nSPS) is 15.0. The van der Waals surface area contributed by atoms with Gasteiger partial charge >= 0.3 is 0 Å². The molecule has 0 bridgehead atoms. The van der Waals surface area contributed by atoms with E-state index in [9.17, 15) is 0 Å². The van der Waals surface area contributed by atoms with Gasteiger partial charge in [-0.25, -0.2) is 9.98 Å². The molecule has 6 heteroatoms. The number of nitrogens with one attached hydrogen (secondary N) is 1. The Balaban J connectivity index is 1.56. The largest absolute Gasteiger partial charge is 0.497 e. The highest BCUT2D eigenvalue weighted by atomic mass is 16.5. The van der Waals surface area contributed by atoms with E-state index in [1.54, 1.807) is 13.3 Å². The van der Waals surface area contributed by atoms with Gasteiger partial charge < -0.3 is 20.2 Å². The van der Waals surface area contributed by atoms with Gasteiger partial charge in [0.15, 0.2) is 11.9 Å². The molecule has 21 heavy (non-hydrogen) atoms. The molecule has 6 nitrogen and oxygen atoms in total. The number of aromatic nitrogens is 1. The summed E-state index contributed by atoms with van der Waals surface area (Å²) < 4.78 is 10.7. The minimum Gasteiger partial charge on any atom is -0.497 e. The predicted octanol–water partition coefficient (Wildman–Crippen LogP) is 2.49. The number of hydrogen-bond acceptors (Lipinski definition) is 4. The standard InChI is InChI=1S/C15H18N4O2/c1-20-12-6-4-11(5-7-12)19-15(16)18-9-13-8-17-14(21-13)10-2-3-10/h4-8,10H,2-3,9H2,1H3,(H3,16,18,19). The van der Waals surface area contributed by atoms with Gasteiger partial charge in [-0.3, -0.25) is 0 Å². The smallest absolute Gasteiger partial charge is 0.197 e. The van der Waals surface area contributed by atoms with Crippen LogP contribution < -0.4 is 15.8 Å². The van der Waals surface area contributed by atoms with Crippen LogP contribution >= 0.6 is 0 Å². The monoisotopic (exact) mass is 286 g/mol. The molecule has 1 aromatic heterocycles. The highest BCUT2D eigenvalue weighted by Crippen LogP contribution is 2.39. The van der Waals surface area contributed by atoms with E-state index in [1.807, 2.05) is 24.3 Å². The number of guanidine groups is 1. The Morgan fingerprint density at radius 1 is 1.43 bits per heavy atom. The van der Waals surface area contributed by atoms with Crippen molar-refractivity contribution in [2.24, 2.45) is 10.7 Å². The van der Waals surface area contributed by atoms with Crippen LogP contribution in [-0.4, -0.2) is 18.1 Å². The van der Waals surface area contributed by atoms with Gasteiger partial charge in [0.25, 0.3) is 0 Å². The van der Waals surface area contributed by atoms with Crippen molar-refractivity contribution in [2.75, 3.05) is 12.4 Å². The predicted molar refractivity (Wildman–Crippen MR) is 80.4 cm³/mol. The summed E-state index contributed by atoms with van der Waals surface area (Å²) in [6, 6.07) is 7.46. The number of aliphatic imine (C=N–C) groups is 1. The van der Waals surface area contributed by atoms with Crippen molar-refractivity contribution < 1.29 is 9.15 Å². The lowest BCUT2D eigenvalue weighted by Crippen LogP contribution is -2.22. The topological polar surface area (TPSA) is 85.7 Å². The first kappa shape index (κ1) is 13.5. The summed E-state index contributed by atoms with van der Waals surface area (Å²) in [6.45, 7) is 0.384. The Morgan fingerprint density at radius 2 is 2.19 bits per heavy atom. The maximum atomic E-state index is 5.85. The van der Waals surface area contributed by atoms with Gasteiger partial charge in [-0.1, -0.05) is 0 Å². The molecular weight excluding hydrogens is 268 g/mol. The first-order valence-corrected chi connectivity index (χ1v) is 6.90. The van der Waals surface area contributed by atoms with Crippen LogP contribution in [-0.2, 0) is 6.54 Å². The molecule has 0 saturated heterocycles. The van der Waals surface area contributed by atoms with E-state index in [-0.39, 0.29) is 0 Å². The lowest BCUT2D eigenvalue weighted by atomic mass is 10.3. The number of anilines is 1. The molecule has 3 rings (SSSR count). The zero-order chi connectivity index (χ0) is 14.7. The molecule has 1 aromatic carbocycles. The van der Waals surface area contributed by atoms with Gasteiger partial charge in [-0.15, -0.1) is 0 Å². The number of ether oxygens (including phenoxy) is 1. The van der Waals surface area contributed by atoms with E-state index in [2.05, 4.69) is 15.3 Å². The summed E-state index contributed by atoms with van der Waals surface area (Å²) in [6.07, 6.45) is 4.06. The third kappa shape index (κ3) is 3.53. The fourth-order valence-corrected chi connectivity index (χ4v) is 1.94. The van der Waals surface area contributed by atoms with Gasteiger partial charge in [-0.2, -0.15) is 0 Å². The van der Waals surface area contributed by atoms with Crippen molar-refractivity contribution in [1.82, 2.24) is 4.98 Å². The summed E-state index contributed by atoms with van der Waals surface area (Å²) in [5.41, 5.74) is 6.70. The zero-order valence-corrected chi connectivity index (χ0v) is 11.9. The van der Waals surface area contributed by atoms with E-state index in [0.717, 1.165) is 23.1 Å². The summed E-state index contributed by atoms with van der Waals surface area (Å²) in [7, 11) is 1.63. The summed E-state index contributed by atoms with van der Waals surface area (Å²) in [5, 5.41) is 3.02. The minimum absolute atomic E-state index is 0.338. The third-order valence-electron chi connectivity index (χ3n) is 3.27. The molecule has 0 atom stereocenters. The second-order valence-electron chi connectivity index (χ2n) is 4.99. The van der Waals surface area contributed by atoms with Crippen LogP contribution in [0.15, 0.2) is 39.9 Å². The molecular formula is C15H18N4O2. The van der Waals surface area contributed by atoms with Crippen molar-refractivity contribution in [3.05, 3.63) is 42.1 Å². The molecule has 1 aliphatic rings. The molecule has 0 unspecified atom stereocenters. The number of hydrogen-bond donors (Lipinski definition) is 2. The Morgan fingerprint density at radius 3 is 2.86 bits per heavy atom. The lowest BCUT2D eigenvalue weighted by Gasteiger charge is -2.06. The Hall–Kier alpha value is -2.50. The van der Waals surface area contributed by atoms with Crippen LogP contribution in [0.1, 0.15) is 30.4 Å². The number of benzene rings is 1. The molecule has 3 N–H and O–H groups in total. The fourth-order valence-electron chi connectivity index (χ4n) is 1.94. The van der Waals surface area contributed by atoms with E-state index in [0.29, 0.717) is 18.4 Å². The van der Waals surface area contributed by atoms with Crippen LogP contribution in [0.5, 0.6) is 5.75 Å². The summed E-state index contributed by atoms with van der Waals surface area (Å²) >= 11 is 0. The first-order valence-electron chi connectivity index (χ1n) is 6.90. The Bertz CT molecular complexity index is 629. The lowest BCUT2D eigenvalue weighted by molar-refractivity contribution is 0.415. The number of oxazole rings is 1. The second kappa shape index (κ2) is 5.87. The van der Waals surface area contributed by atoms with Gasteiger partial charge in [0.2, 0.25) is 0 Å². The fraction of sp³-hybridized carbons (Fsp3) is 0.333. The molecule has 110 valence electrons. The van der Waals surface area contributed by atoms with Crippen LogP contribution in [0.3, 0.4) is 0 Å². The van der Waals surface area contributed by atoms with Crippen molar-refractivity contribution in [3.63, 3.8) is 0 Å². The number of nitrogens with two attached hydrogens (primary N) is 1. The maximum absolute atomic E-state index is 5.85. The molecule has 2 aromatic rings. The van der Waals surface area contributed by atoms with Crippen LogP contribution in [0.4, 0.5) is 5.69 Å². The molecule has 0 radical (unpaired) electrons. The Kier molecular flexibility index (Phi) is 3.77. The van der Waals surface area contributed by atoms with Crippen molar-refractivity contribution >= 4 is 11.6 Å². The molecule has 1 saturated carbocycles. The Labute approximate surface area is 123 Å². The van der Waals surface area contributed by atoms with Crippen LogP contribution in [0.25, 0.3) is 0 Å². The second-order valence-corrected chi connectivity index (χ2v) is 4.99. The van der Waals surface area contributed by atoms with Gasteiger partial charge in [0.1, 0.15) is 18.1 Å². The third-order valence-corrected chi connectivity index (χ3v) is 3.27. The van der Waals surface area contributed by atoms with Crippen LogP contribution in [0.2, 0.25) is 0 Å². The molecule has 1 fully saturated rings. The summed E-state index contributed by atoms with van der Waals surface area (Å²) in [5.74, 6) is 3.20. The molecule has 0 spiro atoms. The van der Waals surface area contributed by atoms with Gasteiger partial charge in [0, 0.05) is 11.6 Å².